The van der Waals surface area contributed by atoms with Gasteiger partial charge in [0.25, 0.3) is 0 Å². The number of hydrogen-bond donors (Lipinski definition) is 2. The number of imidazole rings is 1. The Kier molecular flexibility index (Phi) is 3.53. The number of nitrogens with zero attached hydrogens (tertiary/aromatic N) is 3. The standard InChI is InChI=1S/C13H10F3N5O/c14-13(15,16)22-10-4-2-1-3-8(10)5-17-12-18-6-9-11(21-12)20-7-19-9/h1-4,6-7H,5H2,(H2,17,18,19,20,21). The second kappa shape index (κ2) is 5.51. The molecule has 6 nitrogen and oxygen atoms in total. The van der Waals surface area contributed by atoms with Crippen molar-refractivity contribution >= 4 is 17.1 Å². The Morgan fingerprint density at radius 3 is 2.82 bits per heavy atom. The van der Waals surface area contributed by atoms with Gasteiger partial charge in [0, 0.05) is 12.1 Å². The predicted molar refractivity (Wildman–Crippen MR) is 72.1 cm³/mol. The number of hydrogen-bond acceptors (Lipinski definition) is 5. The Hall–Kier alpha value is -2.84. The quantitative estimate of drug-likeness (QED) is 0.775. The van der Waals surface area contributed by atoms with Crippen LogP contribution in [-0.4, -0.2) is 26.3 Å². The fourth-order valence-electron chi connectivity index (χ4n) is 1.87. The number of para-hydroxylation sites is 1. The van der Waals surface area contributed by atoms with E-state index >= 15 is 0 Å². The van der Waals surface area contributed by atoms with Crippen LogP contribution in [0.5, 0.6) is 5.75 Å². The third-order valence-electron chi connectivity index (χ3n) is 2.81. The summed E-state index contributed by atoms with van der Waals surface area (Å²) in [7, 11) is 0. The second-order valence-corrected chi connectivity index (χ2v) is 4.34. The Balaban J connectivity index is 1.75. The minimum atomic E-state index is -4.74. The van der Waals surface area contributed by atoms with Crippen molar-refractivity contribution in [3.05, 3.63) is 42.4 Å². The number of fused-ring (bicyclic) bond motifs is 1. The first-order valence-corrected chi connectivity index (χ1v) is 6.25. The second-order valence-electron chi connectivity index (χ2n) is 4.34. The van der Waals surface area contributed by atoms with Crippen molar-refractivity contribution in [3.63, 3.8) is 0 Å². The van der Waals surface area contributed by atoms with Gasteiger partial charge in [0.05, 0.1) is 12.5 Å². The van der Waals surface area contributed by atoms with E-state index < -0.39 is 6.36 Å². The van der Waals surface area contributed by atoms with Gasteiger partial charge in [0.2, 0.25) is 5.95 Å². The van der Waals surface area contributed by atoms with E-state index in [4.69, 9.17) is 0 Å². The molecule has 0 aliphatic rings. The van der Waals surface area contributed by atoms with E-state index in [2.05, 4.69) is 30.0 Å². The molecule has 2 aromatic heterocycles. The number of rotatable bonds is 4. The maximum Gasteiger partial charge on any atom is 0.573 e. The molecule has 1 aromatic carbocycles. The Morgan fingerprint density at radius 1 is 1.18 bits per heavy atom. The Morgan fingerprint density at radius 2 is 2.00 bits per heavy atom. The molecule has 2 N–H and O–H groups in total. The molecule has 0 amide bonds. The molecule has 0 unspecified atom stereocenters. The van der Waals surface area contributed by atoms with Crippen LogP contribution in [0.2, 0.25) is 0 Å². The number of aromatic nitrogens is 4. The van der Waals surface area contributed by atoms with E-state index in [1.54, 1.807) is 6.07 Å². The van der Waals surface area contributed by atoms with Crippen LogP contribution in [0, 0.1) is 0 Å². The van der Waals surface area contributed by atoms with Gasteiger partial charge in [-0.1, -0.05) is 18.2 Å². The third kappa shape index (κ3) is 3.25. The fourth-order valence-corrected chi connectivity index (χ4v) is 1.87. The molecule has 0 saturated heterocycles. The Labute approximate surface area is 122 Å². The summed E-state index contributed by atoms with van der Waals surface area (Å²) in [6.45, 7) is 0.0855. The first-order chi connectivity index (χ1) is 10.5. The zero-order valence-corrected chi connectivity index (χ0v) is 11.1. The van der Waals surface area contributed by atoms with E-state index in [-0.39, 0.29) is 18.2 Å². The van der Waals surface area contributed by atoms with Gasteiger partial charge in [0.15, 0.2) is 5.65 Å². The van der Waals surface area contributed by atoms with E-state index in [1.807, 2.05) is 0 Å². The Bertz CT molecular complexity index is 786. The van der Waals surface area contributed by atoms with Gasteiger partial charge in [-0.05, 0) is 6.07 Å². The van der Waals surface area contributed by atoms with E-state index in [0.717, 1.165) is 0 Å². The molecular formula is C13H10F3N5O. The molecule has 0 atom stereocenters. The summed E-state index contributed by atoms with van der Waals surface area (Å²) < 4.78 is 41.0. The molecule has 0 bridgehead atoms. The maximum atomic E-state index is 12.3. The van der Waals surface area contributed by atoms with Crippen LogP contribution in [-0.2, 0) is 6.54 Å². The van der Waals surface area contributed by atoms with Gasteiger partial charge in [0.1, 0.15) is 11.3 Å². The summed E-state index contributed by atoms with van der Waals surface area (Å²) in [5.74, 6) is 0.00441. The summed E-state index contributed by atoms with van der Waals surface area (Å²) in [5.41, 5.74) is 1.48. The molecule has 0 spiro atoms. The molecule has 2 heterocycles. The highest BCUT2D eigenvalue weighted by Gasteiger charge is 2.31. The van der Waals surface area contributed by atoms with Crippen molar-refractivity contribution in [1.29, 1.82) is 0 Å². The predicted octanol–water partition coefficient (Wildman–Crippen LogP) is 2.86. The fraction of sp³-hybridized carbons (Fsp3) is 0.154. The van der Waals surface area contributed by atoms with Gasteiger partial charge >= 0.3 is 6.36 Å². The minimum Gasteiger partial charge on any atom is -0.405 e. The van der Waals surface area contributed by atoms with Crippen LogP contribution in [0.3, 0.4) is 0 Å². The SMILES string of the molecule is FC(F)(F)Oc1ccccc1CNc1ncc2[nH]cnc2n1. The summed E-state index contributed by atoms with van der Waals surface area (Å²) >= 11 is 0. The minimum absolute atomic E-state index is 0.0855. The molecule has 0 saturated carbocycles. The lowest BCUT2D eigenvalue weighted by Crippen LogP contribution is -2.18. The zero-order valence-electron chi connectivity index (χ0n) is 11.1. The lowest BCUT2D eigenvalue weighted by molar-refractivity contribution is -0.274. The van der Waals surface area contributed by atoms with Crippen LogP contribution in [0.15, 0.2) is 36.8 Å². The van der Waals surface area contributed by atoms with Crippen LogP contribution in [0.4, 0.5) is 19.1 Å². The van der Waals surface area contributed by atoms with Gasteiger partial charge in [-0.3, -0.25) is 0 Å². The molecule has 0 aliphatic carbocycles. The van der Waals surface area contributed by atoms with Gasteiger partial charge in [-0.2, -0.15) is 4.98 Å². The highest BCUT2D eigenvalue weighted by molar-refractivity contribution is 5.69. The van der Waals surface area contributed by atoms with Gasteiger partial charge < -0.3 is 15.0 Å². The third-order valence-corrected chi connectivity index (χ3v) is 2.81. The normalized spacial score (nSPS) is 11.6. The average Bonchev–Trinajstić information content (AvgIpc) is 2.92. The molecular weight excluding hydrogens is 299 g/mol. The van der Waals surface area contributed by atoms with Crippen molar-refractivity contribution in [2.75, 3.05) is 5.32 Å². The van der Waals surface area contributed by atoms with Crippen LogP contribution in [0.1, 0.15) is 5.56 Å². The number of alkyl halides is 3. The van der Waals surface area contributed by atoms with Crippen molar-refractivity contribution < 1.29 is 17.9 Å². The lowest BCUT2D eigenvalue weighted by atomic mass is 10.2. The van der Waals surface area contributed by atoms with Crippen LogP contribution in [0.25, 0.3) is 11.2 Å². The molecule has 3 aromatic rings. The average molecular weight is 309 g/mol. The highest BCUT2D eigenvalue weighted by atomic mass is 19.4. The number of benzene rings is 1. The van der Waals surface area contributed by atoms with E-state index in [0.29, 0.717) is 16.7 Å². The summed E-state index contributed by atoms with van der Waals surface area (Å²) in [6.07, 6.45) is -1.72. The monoisotopic (exact) mass is 309 g/mol. The molecule has 114 valence electrons. The summed E-state index contributed by atoms with van der Waals surface area (Å²) in [5, 5.41) is 2.85. The number of anilines is 1. The molecule has 0 fully saturated rings. The lowest BCUT2D eigenvalue weighted by Gasteiger charge is -2.13. The number of H-pyrrole nitrogens is 1. The zero-order chi connectivity index (χ0) is 15.6. The number of ether oxygens (including phenoxy) is 1. The summed E-state index contributed by atoms with van der Waals surface area (Å²) in [4.78, 5) is 15.0. The van der Waals surface area contributed by atoms with Gasteiger partial charge in [-0.15, -0.1) is 13.2 Å². The van der Waals surface area contributed by atoms with Crippen molar-refractivity contribution in [2.45, 2.75) is 12.9 Å². The van der Waals surface area contributed by atoms with Crippen molar-refractivity contribution in [1.82, 2.24) is 19.9 Å². The van der Waals surface area contributed by atoms with E-state index in [9.17, 15) is 13.2 Å². The molecule has 3 rings (SSSR count). The largest absolute Gasteiger partial charge is 0.573 e. The number of aromatic amines is 1. The number of nitrogens with one attached hydrogen (secondary N) is 2. The van der Waals surface area contributed by atoms with Crippen molar-refractivity contribution in [3.8, 4) is 5.75 Å². The molecule has 9 heteroatoms. The summed E-state index contributed by atoms with van der Waals surface area (Å²) in [6, 6.07) is 5.87. The van der Waals surface area contributed by atoms with Crippen molar-refractivity contribution in [2.24, 2.45) is 0 Å². The molecule has 22 heavy (non-hydrogen) atoms. The van der Waals surface area contributed by atoms with E-state index in [1.165, 1.54) is 30.7 Å². The molecule has 0 aliphatic heterocycles. The first kappa shape index (κ1) is 14.1. The first-order valence-electron chi connectivity index (χ1n) is 6.25. The van der Waals surface area contributed by atoms with Crippen LogP contribution < -0.4 is 10.1 Å². The van der Waals surface area contributed by atoms with Crippen LogP contribution >= 0.6 is 0 Å². The van der Waals surface area contributed by atoms with Gasteiger partial charge in [-0.25, -0.2) is 9.97 Å². The topological polar surface area (TPSA) is 75.7 Å². The smallest absolute Gasteiger partial charge is 0.405 e. The number of halogens is 3. The maximum absolute atomic E-state index is 12.3. The molecule has 0 radical (unpaired) electrons. The highest BCUT2D eigenvalue weighted by Crippen LogP contribution is 2.26.